The van der Waals surface area contributed by atoms with Gasteiger partial charge in [-0.1, -0.05) is 6.07 Å². The number of imidazole rings is 1. The lowest BCUT2D eigenvalue weighted by Crippen LogP contribution is -2.40. The summed E-state index contributed by atoms with van der Waals surface area (Å²) in [5, 5.41) is 2.96. The summed E-state index contributed by atoms with van der Waals surface area (Å²) in [5.74, 6) is 0.781. The van der Waals surface area contributed by atoms with Crippen LogP contribution in [0, 0.1) is 0 Å². The van der Waals surface area contributed by atoms with Crippen molar-refractivity contribution in [1.82, 2.24) is 14.9 Å². The summed E-state index contributed by atoms with van der Waals surface area (Å²) < 4.78 is 25.2. The Balaban J connectivity index is 1.73. The van der Waals surface area contributed by atoms with Crippen molar-refractivity contribution in [3.05, 3.63) is 48.0 Å². The highest BCUT2D eigenvalue weighted by Crippen LogP contribution is 2.15. The Morgan fingerprint density at radius 2 is 2.23 bits per heavy atom. The minimum atomic E-state index is -3.32. The second-order valence-corrected chi connectivity index (χ2v) is 7.52. The smallest absolute Gasteiger partial charge is 0.251 e. The second-order valence-electron chi connectivity index (χ2n) is 5.50. The molecular formula is C15H17N3O3S. The summed E-state index contributed by atoms with van der Waals surface area (Å²) in [6.07, 6.45) is 6.44. The molecule has 0 radical (unpaired) electrons. The first kappa shape index (κ1) is 14.8. The topological polar surface area (TPSA) is 81.1 Å². The van der Waals surface area contributed by atoms with Gasteiger partial charge in [0.15, 0.2) is 9.84 Å². The molecular weight excluding hydrogens is 302 g/mol. The number of aryl methyl sites for hydroxylation is 1. The molecule has 0 fully saturated rings. The summed E-state index contributed by atoms with van der Waals surface area (Å²) >= 11 is 0. The highest BCUT2D eigenvalue weighted by atomic mass is 32.2. The molecule has 0 saturated heterocycles. The lowest BCUT2D eigenvalue weighted by molar-refractivity contribution is 0.0927. The van der Waals surface area contributed by atoms with Gasteiger partial charge in [0, 0.05) is 43.2 Å². The Morgan fingerprint density at radius 3 is 3.00 bits per heavy atom. The zero-order chi connectivity index (χ0) is 15.7. The van der Waals surface area contributed by atoms with Crippen molar-refractivity contribution in [3.63, 3.8) is 0 Å². The number of nitrogens with zero attached hydrogens (tertiary/aromatic N) is 2. The van der Waals surface area contributed by atoms with Gasteiger partial charge < -0.3 is 9.88 Å². The van der Waals surface area contributed by atoms with E-state index in [0.717, 1.165) is 24.9 Å². The zero-order valence-electron chi connectivity index (χ0n) is 12.2. The van der Waals surface area contributed by atoms with Crippen LogP contribution in [0.2, 0.25) is 0 Å². The number of aromatic nitrogens is 2. The maximum absolute atomic E-state index is 12.3. The summed E-state index contributed by atoms with van der Waals surface area (Å²) in [5.41, 5.74) is 0.361. The maximum Gasteiger partial charge on any atom is 0.251 e. The highest BCUT2D eigenvalue weighted by Gasteiger charge is 2.21. The summed E-state index contributed by atoms with van der Waals surface area (Å²) in [6.45, 7) is 0.687. The predicted molar refractivity (Wildman–Crippen MR) is 81.4 cm³/mol. The predicted octanol–water partition coefficient (Wildman–Crippen LogP) is 1.03. The Bertz CT molecular complexity index is 811. The third-order valence-electron chi connectivity index (χ3n) is 3.79. The quantitative estimate of drug-likeness (QED) is 0.916. The van der Waals surface area contributed by atoms with E-state index in [1.165, 1.54) is 12.1 Å². The van der Waals surface area contributed by atoms with Crippen LogP contribution in [-0.2, 0) is 22.8 Å². The molecule has 1 unspecified atom stereocenters. The molecule has 1 aliphatic rings. The number of carbonyl (C=O) groups excluding carboxylic acids is 1. The van der Waals surface area contributed by atoms with Gasteiger partial charge in [0.25, 0.3) is 5.91 Å². The van der Waals surface area contributed by atoms with Crippen LogP contribution in [0.1, 0.15) is 22.6 Å². The van der Waals surface area contributed by atoms with E-state index >= 15 is 0 Å². The molecule has 1 aromatic heterocycles. The number of nitrogens with one attached hydrogen (secondary N) is 1. The second kappa shape index (κ2) is 5.57. The number of rotatable bonds is 3. The van der Waals surface area contributed by atoms with E-state index in [2.05, 4.69) is 10.3 Å². The number of carbonyl (C=O) groups is 1. The van der Waals surface area contributed by atoms with E-state index in [9.17, 15) is 13.2 Å². The molecule has 1 N–H and O–H groups in total. The molecule has 0 bridgehead atoms. The molecule has 6 nitrogen and oxygen atoms in total. The van der Waals surface area contributed by atoms with Gasteiger partial charge in [-0.2, -0.15) is 0 Å². The van der Waals surface area contributed by atoms with E-state index in [-0.39, 0.29) is 16.8 Å². The molecule has 1 atom stereocenters. The van der Waals surface area contributed by atoms with Crippen LogP contribution in [-0.4, -0.2) is 36.2 Å². The average Bonchev–Trinajstić information content (AvgIpc) is 2.94. The number of fused-ring (bicyclic) bond motifs is 1. The fourth-order valence-electron chi connectivity index (χ4n) is 2.62. The molecule has 1 aromatic carbocycles. The van der Waals surface area contributed by atoms with Crippen LogP contribution < -0.4 is 5.32 Å². The van der Waals surface area contributed by atoms with Crippen LogP contribution in [0.4, 0.5) is 0 Å². The Labute approximate surface area is 129 Å². The van der Waals surface area contributed by atoms with Crippen LogP contribution in [0.25, 0.3) is 0 Å². The van der Waals surface area contributed by atoms with Gasteiger partial charge in [0.1, 0.15) is 5.82 Å². The van der Waals surface area contributed by atoms with E-state index in [4.69, 9.17) is 0 Å². The van der Waals surface area contributed by atoms with Crippen molar-refractivity contribution in [2.75, 3.05) is 6.26 Å². The number of benzene rings is 1. The van der Waals surface area contributed by atoms with Gasteiger partial charge >= 0.3 is 0 Å². The highest BCUT2D eigenvalue weighted by molar-refractivity contribution is 7.90. The van der Waals surface area contributed by atoms with Gasteiger partial charge in [0.2, 0.25) is 0 Å². The molecule has 2 aromatic rings. The van der Waals surface area contributed by atoms with Crippen LogP contribution in [0.15, 0.2) is 41.6 Å². The molecule has 0 saturated carbocycles. The van der Waals surface area contributed by atoms with E-state index in [1.807, 2.05) is 10.8 Å². The minimum absolute atomic E-state index is 0.0242. The Hall–Kier alpha value is -2.15. The molecule has 2 heterocycles. The SMILES string of the molecule is CS(=O)(=O)c1cccc(C(=O)NC2CCc3nccn3C2)c1. The van der Waals surface area contributed by atoms with Gasteiger partial charge in [-0.3, -0.25) is 4.79 Å². The van der Waals surface area contributed by atoms with E-state index < -0.39 is 9.84 Å². The third-order valence-corrected chi connectivity index (χ3v) is 4.91. The normalized spacial score (nSPS) is 17.8. The fraction of sp³-hybridized carbons (Fsp3) is 0.333. The van der Waals surface area contributed by atoms with Crippen molar-refractivity contribution < 1.29 is 13.2 Å². The summed E-state index contributed by atoms with van der Waals surface area (Å²) in [7, 11) is -3.32. The number of hydrogen-bond donors (Lipinski definition) is 1. The standard InChI is InChI=1S/C15H17N3O3S/c1-22(20,21)13-4-2-3-11(9-13)15(19)17-12-5-6-14-16-7-8-18(14)10-12/h2-4,7-9,12H,5-6,10H2,1H3,(H,17,19). The first-order valence-electron chi connectivity index (χ1n) is 7.04. The lowest BCUT2D eigenvalue weighted by atomic mass is 10.1. The van der Waals surface area contributed by atoms with Crippen LogP contribution >= 0.6 is 0 Å². The molecule has 0 spiro atoms. The summed E-state index contributed by atoms with van der Waals surface area (Å²) in [4.78, 5) is 16.7. The van der Waals surface area contributed by atoms with Gasteiger partial charge in [-0.05, 0) is 24.6 Å². The Morgan fingerprint density at radius 1 is 1.41 bits per heavy atom. The zero-order valence-corrected chi connectivity index (χ0v) is 13.0. The fourth-order valence-corrected chi connectivity index (χ4v) is 3.29. The van der Waals surface area contributed by atoms with E-state index in [1.54, 1.807) is 18.3 Å². The monoisotopic (exact) mass is 319 g/mol. The van der Waals surface area contributed by atoms with Gasteiger partial charge in [-0.25, -0.2) is 13.4 Å². The largest absolute Gasteiger partial charge is 0.347 e. The Kier molecular flexibility index (Phi) is 3.74. The summed E-state index contributed by atoms with van der Waals surface area (Å²) in [6, 6.07) is 6.13. The first-order chi connectivity index (χ1) is 10.4. The van der Waals surface area contributed by atoms with Crippen molar-refractivity contribution >= 4 is 15.7 Å². The third kappa shape index (κ3) is 3.04. The number of amides is 1. The van der Waals surface area contributed by atoms with Crippen molar-refractivity contribution in [1.29, 1.82) is 0 Å². The maximum atomic E-state index is 12.3. The van der Waals surface area contributed by atoms with Crippen LogP contribution in [0.3, 0.4) is 0 Å². The molecule has 1 aliphatic heterocycles. The van der Waals surface area contributed by atoms with Crippen molar-refractivity contribution in [2.24, 2.45) is 0 Å². The number of hydrogen-bond acceptors (Lipinski definition) is 4. The van der Waals surface area contributed by atoms with Gasteiger partial charge in [0.05, 0.1) is 4.90 Å². The van der Waals surface area contributed by atoms with Gasteiger partial charge in [-0.15, -0.1) is 0 Å². The molecule has 1 amide bonds. The minimum Gasteiger partial charge on any atom is -0.347 e. The van der Waals surface area contributed by atoms with Crippen molar-refractivity contribution in [2.45, 2.75) is 30.3 Å². The number of sulfone groups is 1. The lowest BCUT2D eigenvalue weighted by Gasteiger charge is -2.24. The first-order valence-corrected chi connectivity index (χ1v) is 8.93. The molecule has 22 heavy (non-hydrogen) atoms. The molecule has 7 heteroatoms. The van der Waals surface area contributed by atoms with Crippen molar-refractivity contribution in [3.8, 4) is 0 Å². The van der Waals surface area contributed by atoms with Crippen LogP contribution in [0.5, 0.6) is 0 Å². The van der Waals surface area contributed by atoms with E-state index in [0.29, 0.717) is 12.1 Å². The molecule has 3 rings (SSSR count). The molecule has 116 valence electrons. The average molecular weight is 319 g/mol. The molecule has 0 aliphatic carbocycles.